The first-order chi connectivity index (χ1) is 15.0. The van der Waals surface area contributed by atoms with E-state index < -0.39 is 0 Å². The van der Waals surface area contributed by atoms with Crippen LogP contribution in [0.4, 0.5) is 11.6 Å². The number of carbonyl (C=O) groups is 1. The van der Waals surface area contributed by atoms with Crippen LogP contribution in [-0.2, 0) is 24.3 Å². The normalized spacial score (nSPS) is 19.1. The summed E-state index contributed by atoms with van der Waals surface area (Å²) < 4.78 is 1.91. The Hall–Kier alpha value is -3.00. The van der Waals surface area contributed by atoms with Crippen molar-refractivity contribution in [3.8, 4) is 0 Å². The predicted octanol–water partition coefficient (Wildman–Crippen LogP) is 2.88. The van der Waals surface area contributed by atoms with Crippen molar-refractivity contribution in [1.29, 1.82) is 0 Å². The van der Waals surface area contributed by atoms with Crippen molar-refractivity contribution < 1.29 is 4.79 Å². The number of aryl methyl sites for hydroxylation is 1. The first-order valence-corrected chi connectivity index (χ1v) is 11.0. The molecule has 1 aromatic carbocycles. The smallest absolute Gasteiger partial charge is 0.229 e. The van der Waals surface area contributed by atoms with E-state index in [0.717, 1.165) is 55.6 Å². The second-order valence-corrected chi connectivity index (χ2v) is 8.86. The number of nitrogens with zero attached hydrogens (tertiary/aromatic N) is 6. The minimum absolute atomic E-state index is 0.129. The summed E-state index contributed by atoms with van der Waals surface area (Å²) in [5.74, 6) is 0.695. The van der Waals surface area contributed by atoms with E-state index in [1.807, 2.05) is 15.8 Å². The van der Waals surface area contributed by atoms with Crippen LogP contribution in [-0.4, -0.2) is 61.6 Å². The fraction of sp³-hybridized carbons (Fsp3) is 0.478. The SMILES string of the molecule is CC(=O)N1CCCC1Cn1ncc2cnc(Nc3cc4c(cc3C)CCN(C)C4)nc21. The summed E-state index contributed by atoms with van der Waals surface area (Å²) in [7, 11) is 2.16. The summed E-state index contributed by atoms with van der Waals surface area (Å²) in [6.45, 7) is 7.32. The molecule has 2 aromatic heterocycles. The minimum atomic E-state index is 0.129. The number of rotatable bonds is 4. The summed E-state index contributed by atoms with van der Waals surface area (Å²) in [6, 6.07) is 4.69. The van der Waals surface area contributed by atoms with Gasteiger partial charge in [0.1, 0.15) is 0 Å². The maximum Gasteiger partial charge on any atom is 0.229 e. The van der Waals surface area contributed by atoms with Gasteiger partial charge in [-0.15, -0.1) is 0 Å². The van der Waals surface area contributed by atoms with Gasteiger partial charge in [-0.25, -0.2) is 9.67 Å². The zero-order valence-electron chi connectivity index (χ0n) is 18.4. The van der Waals surface area contributed by atoms with Gasteiger partial charge in [0.15, 0.2) is 5.65 Å². The Balaban J connectivity index is 1.41. The van der Waals surface area contributed by atoms with Crippen LogP contribution in [0.25, 0.3) is 11.0 Å². The van der Waals surface area contributed by atoms with E-state index in [2.05, 4.69) is 46.4 Å². The third kappa shape index (κ3) is 3.87. The second-order valence-electron chi connectivity index (χ2n) is 8.86. The van der Waals surface area contributed by atoms with Crippen molar-refractivity contribution in [3.63, 3.8) is 0 Å². The lowest BCUT2D eigenvalue weighted by atomic mass is 9.96. The fourth-order valence-electron chi connectivity index (χ4n) is 4.83. The number of hydrogen-bond donors (Lipinski definition) is 1. The Labute approximate surface area is 182 Å². The summed E-state index contributed by atoms with van der Waals surface area (Å²) in [4.78, 5) is 25.5. The largest absolute Gasteiger partial charge is 0.338 e. The van der Waals surface area contributed by atoms with Crippen LogP contribution in [0.15, 0.2) is 24.5 Å². The van der Waals surface area contributed by atoms with E-state index in [4.69, 9.17) is 4.98 Å². The molecular formula is C23H29N7O. The fourth-order valence-corrected chi connectivity index (χ4v) is 4.83. The number of aromatic nitrogens is 4. The van der Waals surface area contributed by atoms with Gasteiger partial charge in [0.05, 0.1) is 24.2 Å². The Bertz CT molecular complexity index is 1140. The molecule has 162 valence electrons. The molecule has 31 heavy (non-hydrogen) atoms. The maximum absolute atomic E-state index is 11.9. The van der Waals surface area contributed by atoms with Gasteiger partial charge < -0.3 is 15.1 Å². The zero-order chi connectivity index (χ0) is 21.5. The van der Waals surface area contributed by atoms with Gasteiger partial charge in [-0.3, -0.25) is 4.79 Å². The standard InChI is InChI=1S/C23H29N7O/c1-15-9-17-6-8-28(3)13-18(17)10-21(15)26-23-24-11-19-12-25-30(22(19)27-23)14-20-5-4-7-29(20)16(2)31/h9-12,20H,4-8,13-14H2,1-3H3,(H,24,26,27). The molecule has 0 radical (unpaired) electrons. The van der Waals surface area contributed by atoms with Crippen molar-refractivity contribution in [2.45, 2.75) is 52.2 Å². The first-order valence-electron chi connectivity index (χ1n) is 11.0. The molecule has 1 N–H and O–H groups in total. The number of hydrogen-bond acceptors (Lipinski definition) is 6. The van der Waals surface area contributed by atoms with Crippen LogP contribution in [0.2, 0.25) is 0 Å². The molecule has 1 fully saturated rings. The monoisotopic (exact) mass is 419 g/mol. The number of carbonyl (C=O) groups excluding carboxylic acids is 1. The molecule has 0 saturated carbocycles. The number of fused-ring (bicyclic) bond motifs is 2. The molecule has 3 aromatic rings. The molecule has 5 rings (SSSR count). The van der Waals surface area contributed by atoms with Gasteiger partial charge in [0.2, 0.25) is 11.9 Å². The highest BCUT2D eigenvalue weighted by Crippen LogP contribution is 2.28. The molecule has 0 bridgehead atoms. The Morgan fingerprint density at radius 1 is 1.23 bits per heavy atom. The van der Waals surface area contributed by atoms with E-state index in [1.165, 1.54) is 16.7 Å². The Morgan fingerprint density at radius 2 is 2.10 bits per heavy atom. The van der Waals surface area contributed by atoms with Crippen LogP contribution < -0.4 is 5.32 Å². The average molecular weight is 420 g/mol. The molecule has 0 aliphatic carbocycles. The van der Waals surface area contributed by atoms with Crippen LogP contribution >= 0.6 is 0 Å². The molecule has 1 atom stereocenters. The van der Waals surface area contributed by atoms with Gasteiger partial charge in [0.25, 0.3) is 0 Å². The predicted molar refractivity (Wildman–Crippen MR) is 120 cm³/mol. The molecule has 4 heterocycles. The number of amides is 1. The molecule has 1 unspecified atom stereocenters. The molecule has 0 spiro atoms. The van der Waals surface area contributed by atoms with E-state index in [0.29, 0.717) is 12.5 Å². The van der Waals surface area contributed by atoms with E-state index in [1.54, 1.807) is 13.1 Å². The Morgan fingerprint density at radius 3 is 2.94 bits per heavy atom. The van der Waals surface area contributed by atoms with Gasteiger partial charge in [0, 0.05) is 38.4 Å². The van der Waals surface area contributed by atoms with E-state index >= 15 is 0 Å². The second kappa shape index (κ2) is 7.92. The lowest BCUT2D eigenvalue weighted by molar-refractivity contribution is -0.129. The summed E-state index contributed by atoms with van der Waals surface area (Å²) >= 11 is 0. The summed E-state index contributed by atoms with van der Waals surface area (Å²) in [6.07, 6.45) is 6.74. The molecule has 2 aliphatic rings. The van der Waals surface area contributed by atoms with Crippen molar-refractivity contribution in [1.82, 2.24) is 29.5 Å². The first kappa shape index (κ1) is 19.9. The number of benzene rings is 1. The quantitative estimate of drug-likeness (QED) is 0.701. The van der Waals surface area contributed by atoms with Crippen molar-refractivity contribution in [2.24, 2.45) is 0 Å². The van der Waals surface area contributed by atoms with Crippen LogP contribution in [0.3, 0.4) is 0 Å². The van der Waals surface area contributed by atoms with Crippen LogP contribution in [0, 0.1) is 6.92 Å². The third-order valence-electron chi connectivity index (χ3n) is 6.54. The van der Waals surface area contributed by atoms with E-state index in [-0.39, 0.29) is 11.9 Å². The van der Waals surface area contributed by atoms with Gasteiger partial charge in [-0.1, -0.05) is 6.07 Å². The van der Waals surface area contributed by atoms with Crippen molar-refractivity contribution in [2.75, 3.05) is 25.5 Å². The molecule has 8 nitrogen and oxygen atoms in total. The van der Waals surface area contributed by atoms with E-state index in [9.17, 15) is 4.79 Å². The topological polar surface area (TPSA) is 79.2 Å². The molecule has 2 aliphatic heterocycles. The molecule has 8 heteroatoms. The highest BCUT2D eigenvalue weighted by molar-refractivity contribution is 5.76. The lowest BCUT2D eigenvalue weighted by Crippen LogP contribution is -2.36. The van der Waals surface area contributed by atoms with Crippen molar-refractivity contribution >= 4 is 28.6 Å². The molecular weight excluding hydrogens is 390 g/mol. The van der Waals surface area contributed by atoms with Crippen LogP contribution in [0.5, 0.6) is 0 Å². The number of likely N-dealkylation sites (N-methyl/N-ethyl adjacent to an activating group) is 1. The Kier molecular flexibility index (Phi) is 5.09. The summed E-state index contributed by atoms with van der Waals surface area (Å²) in [5.41, 5.74) is 5.82. The average Bonchev–Trinajstić information content (AvgIpc) is 3.36. The highest BCUT2D eigenvalue weighted by Gasteiger charge is 2.27. The van der Waals surface area contributed by atoms with Crippen LogP contribution in [0.1, 0.15) is 36.5 Å². The lowest BCUT2D eigenvalue weighted by Gasteiger charge is -2.26. The summed E-state index contributed by atoms with van der Waals surface area (Å²) in [5, 5.41) is 8.85. The number of nitrogens with one attached hydrogen (secondary N) is 1. The molecule has 1 saturated heterocycles. The maximum atomic E-state index is 11.9. The minimum Gasteiger partial charge on any atom is -0.338 e. The highest BCUT2D eigenvalue weighted by atomic mass is 16.2. The number of likely N-dealkylation sites (tertiary alicyclic amines) is 1. The van der Waals surface area contributed by atoms with Gasteiger partial charge in [-0.05, 0) is 56.0 Å². The number of anilines is 2. The van der Waals surface area contributed by atoms with Gasteiger partial charge in [-0.2, -0.15) is 10.1 Å². The van der Waals surface area contributed by atoms with Crippen molar-refractivity contribution in [3.05, 3.63) is 41.2 Å². The van der Waals surface area contributed by atoms with Gasteiger partial charge >= 0.3 is 0 Å². The third-order valence-corrected chi connectivity index (χ3v) is 6.54. The molecule has 1 amide bonds. The zero-order valence-corrected chi connectivity index (χ0v) is 18.4.